The first-order valence-corrected chi connectivity index (χ1v) is 7.04. The van der Waals surface area contributed by atoms with E-state index >= 15 is 0 Å². The summed E-state index contributed by atoms with van der Waals surface area (Å²) in [5.74, 6) is 0.0498. The van der Waals surface area contributed by atoms with Gasteiger partial charge in [-0.3, -0.25) is 9.78 Å². The minimum absolute atomic E-state index is 0.0498. The zero-order valence-electron chi connectivity index (χ0n) is 9.26. The van der Waals surface area contributed by atoms with Crippen LogP contribution in [0.3, 0.4) is 0 Å². The zero-order valence-corrected chi connectivity index (χ0v) is 11.7. The molecule has 0 bridgehead atoms. The van der Waals surface area contributed by atoms with Crippen LogP contribution in [0.5, 0.6) is 0 Å². The number of thiophene rings is 1. The highest BCUT2D eigenvalue weighted by atomic mass is 79.9. The second kappa shape index (κ2) is 4.63. The standard InChI is InChI=1S/C14H8BrNOS/c15-13-6-10(8-18-13)14(17)12-3-1-2-9-7-16-5-4-11(9)12/h1-8H. The predicted octanol–water partition coefficient (Wildman–Crippen LogP) is 4.29. The maximum Gasteiger partial charge on any atom is 0.194 e. The molecule has 2 heterocycles. The topological polar surface area (TPSA) is 30.0 Å². The number of hydrogen-bond acceptors (Lipinski definition) is 3. The lowest BCUT2D eigenvalue weighted by molar-refractivity contribution is 0.104. The van der Waals surface area contributed by atoms with Crippen molar-refractivity contribution in [3.05, 3.63) is 63.0 Å². The molecule has 0 saturated carbocycles. The molecule has 0 saturated heterocycles. The minimum Gasteiger partial charge on any atom is -0.289 e. The zero-order chi connectivity index (χ0) is 12.5. The van der Waals surface area contributed by atoms with Gasteiger partial charge >= 0.3 is 0 Å². The molecule has 0 atom stereocenters. The van der Waals surface area contributed by atoms with Gasteiger partial charge in [-0.15, -0.1) is 11.3 Å². The molecule has 2 aromatic heterocycles. The molecule has 3 rings (SSSR count). The summed E-state index contributed by atoms with van der Waals surface area (Å²) in [4.78, 5) is 16.5. The summed E-state index contributed by atoms with van der Waals surface area (Å²) in [7, 11) is 0. The number of carbonyl (C=O) groups is 1. The van der Waals surface area contributed by atoms with Crippen molar-refractivity contribution < 1.29 is 4.79 Å². The van der Waals surface area contributed by atoms with Gasteiger partial charge in [-0.25, -0.2) is 0 Å². The van der Waals surface area contributed by atoms with E-state index in [0.717, 1.165) is 25.7 Å². The van der Waals surface area contributed by atoms with Crippen LogP contribution in [0.1, 0.15) is 15.9 Å². The maximum atomic E-state index is 12.4. The lowest BCUT2D eigenvalue weighted by Crippen LogP contribution is -2.00. The van der Waals surface area contributed by atoms with Crippen molar-refractivity contribution in [2.45, 2.75) is 0 Å². The Morgan fingerprint density at radius 2 is 2.17 bits per heavy atom. The number of halogens is 1. The predicted molar refractivity (Wildman–Crippen MR) is 77.2 cm³/mol. The molecule has 0 amide bonds. The van der Waals surface area contributed by atoms with Crippen LogP contribution in [-0.4, -0.2) is 10.8 Å². The summed E-state index contributed by atoms with van der Waals surface area (Å²) in [6, 6.07) is 9.44. The number of carbonyl (C=O) groups excluding carboxylic acids is 1. The number of rotatable bonds is 2. The molecule has 2 nitrogen and oxygen atoms in total. The number of hydrogen-bond donors (Lipinski definition) is 0. The lowest BCUT2D eigenvalue weighted by Gasteiger charge is -2.03. The molecular formula is C14H8BrNOS. The Bertz CT molecular complexity index is 730. The molecule has 0 fully saturated rings. The molecule has 0 N–H and O–H groups in total. The summed E-state index contributed by atoms with van der Waals surface area (Å²) in [6.45, 7) is 0. The SMILES string of the molecule is O=C(c1csc(Br)c1)c1cccc2cnccc12. The van der Waals surface area contributed by atoms with E-state index in [-0.39, 0.29) is 5.78 Å². The van der Waals surface area contributed by atoms with Crippen molar-refractivity contribution in [1.82, 2.24) is 4.98 Å². The average Bonchev–Trinajstić information content (AvgIpc) is 2.84. The van der Waals surface area contributed by atoms with Crippen LogP contribution in [0.25, 0.3) is 10.8 Å². The summed E-state index contributed by atoms with van der Waals surface area (Å²) in [5.41, 5.74) is 1.44. The van der Waals surface area contributed by atoms with Crippen molar-refractivity contribution in [2.75, 3.05) is 0 Å². The molecule has 88 valence electrons. The largest absolute Gasteiger partial charge is 0.289 e. The molecule has 1 aromatic carbocycles. The van der Waals surface area contributed by atoms with E-state index < -0.39 is 0 Å². The van der Waals surface area contributed by atoms with E-state index in [2.05, 4.69) is 20.9 Å². The molecular weight excluding hydrogens is 310 g/mol. The van der Waals surface area contributed by atoms with E-state index in [1.807, 2.05) is 35.7 Å². The molecule has 0 spiro atoms. The number of aromatic nitrogens is 1. The third-order valence-electron chi connectivity index (χ3n) is 2.76. The molecule has 4 heteroatoms. The molecule has 0 unspecified atom stereocenters. The smallest absolute Gasteiger partial charge is 0.194 e. The normalized spacial score (nSPS) is 10.7. The quantitative estimate of drug-likeness (QED) is 0.660. The van der Waals surface area contributed by atoms with Crippen LogP contribution in [0.4, 0.5) is 0 Å². The highest BCUT2D eigenvalue weighted by Crippen LogP contribution is 2.25. The van der Waals surface area contributed by atoms with Crippen molar-refractivity contribution in [1.29, 1.82) is 0 Å². The first kappa shape index (κ1) is 11.6. The van der Waals surface area contributed by atoms with Crippen LogP contribution in [0.15, 0.2) is 51.9 Å². The van der Waals surface area contributed by atoms with E-state index in [9.17, 15) is 4.79 Å². The number of ketones is 1. The van der Waals surface area contributed by atoms with Crippen molar-refractivity contribution >= 4 is 43.8 Å². The summed E-state index contributed by atoms with van der Waals surface area (Å²) < 4.78 is 0.966. The van der Waals surface area contributed by atoms with Gasteiger partial charge in [0.1, 0.15) is 0 Å². The fourth-order valence-electron chi connectivity index (χ4n) is 1.91. The fourth-order valence-corrected chi connectivity index (χ4v) is 3.04. The van der Waals surface area contributed by atoms with Gasteiger partial charge in [0.2, 0.25) is 0 Å². The Morgan fingerprint density at radius 1 is 1.28 bits per heavy atom. The van der Waals surface area contributed by atoms with Crippen LogP contribution in [-0.2, 0) is 0 Å². The number of benzene rings is 1. The number of fused-ring (bicyclic) bond motifs is 1. The van der Waals surface area contributed by atoms with Crippen LogP contribution < -0.4 is 0 Å². The Kier molecular flexibility index (Phi) is 2.97. The first-order valence-electron chi connectivity index (χ1n) is 5.37. The van der Waals surface area contributed by atoms with Crippen molar-refractivity contribution in [3.8, 4) is 0 Å². The Labute approximate surface area is 116 Å². The van der Waals surface area contributed by atoms with Crippen molar-refractivity contribution in [2.24, 2.45) is 0 Å². The van der Waals surface area contributed by atoms with Gasteiger partial charge in [-0.1, -0.05) is 18.2 Å². The minimum atomic E-state index is 0.0498. The van der Waals surface area contributed by atoms with Gasteiger partial charge in [-0.05, 0) is 33.4 Å². The monoisotopic (exact) mass is 317 g/mol. The van der Waals surface area contributed by atoms with Gasteiger partial charge in [-0.2, -0.15) is 0 Å². The van der Waals surface area contributed by atoms with Gasteiger partial charge in [0.25, 0.3) is 0 Å². The van der Waals surface area contributed by atoms with Crippen LogP contribution in [0, 0.1) is 0 Å². The van der Waals surface area contributed by atoms with Gasteiger partial charge in [0.05, 0.1) is 3.79 Å². The van der Waals surface area contributed by atoms with Gasteiger partial charge in [0, 0.05) is 34.3 Å². The second-order valence-corrected chi connectivity index (χ2v) is 6.16. The highest BCUT2D eigenvalue weighted by Gasteiger charge is 2.13. The Morgan fingerprint density at radius 3 is 2.94 bits per heavy atom. The molecule has 0 radical (unpaired) electrons. The second-order valence-electron chi connectivity index (χ2n) is 3.87. The van der Waals surface area contributed by atoms with Crippen LogP contribution in [0.2, 0.25) is 0 Å². The molecule has 0 aliphatic carbocycles. The Hall–Kier alpha value is -1.52. The third kappa shape index (κ3) is 1.98. The summed E-state index contributed by atoms with van der Waals surface area (Å²) in [5, 5.41) is 3.80. The van der Waals surface area contributed by atoms with Crippen molar-refractivity contribution in [3.63, 3.8) is 0 Å². The first-order chi connectivity index (χ1) is 8.75. The molecule has 3 aromatic rings. The van der Waals surface area contributed by atoms with E-state index in [1.165, 1.54) is 11.3 Å². The summed E-state index contributed by atoms with van der Waals surface area (Å²) in [6.07, 6.45) is 3.48. The fraction of sp³-hybridized carbons (Fsp3) is 0. The molecule has 0 aliphatic heterocycles. The van der Waals surface area contributed by atoms with E-state index in [4.69, 9.17) is 0 Å². The van der Waals surface area contributed by atoms with Gasteiger partial charge < -0.3 is 0 Å². The average molecular weight is 318 g/mol. The van der Waals surface area contributed by atoms with Gasteiger partial charge in [0.15, 0.2) is 5.78 Å². The van der Waals surface area contributed by atoms with E-state index in [1.54, 1.807) is 12.4 Å². The number of nitrogens with zero attached hydrogens (tertiary/aromatic N) is 1. The molecule has 0 aliphatic rings. The summed E-state index contributed by atoms with van der Waals surface area (Å²) >= 11 is 4.90. The highest BCUT2D eigenvalue weighted by molar-refractivity contribution is 9.11. The molecule has 18 heavy (non-hydrogen) atoms. The van der Waals surface area contributed by atoms with Crippen LogP contribution >= 0.6 is 27.3 Å². The van der Waals surface area contributed by atoms with E-state index in [0.29, 0.717) is 0 Å². The Balaban J connectivity index is 2.17. The maximum absolute atomic E-state index is 12.4. The lowest BCUT2D eigenvalue weighted by atomic mass is 10.00. The third-order valence-corrected chi connectivity index (χ3v) is 4.26. The number of pyridine rings is 1.